The van der Waals surface area contributed by atoms with Gasteiger partial charge in [-0.15, -0.1) is 0 Å². The summed E-state index contributed by atoms with van der Waals surface area (Å²) in [6.07, 6.45) is 0.372. The molecule has 0 fully saturated rings. The van der Waals surface area contributed by atoms with Gasteiger partial charge in [0.2, 0.25) is 0 Å². The second kappa shape index (κ2) is 4.18. The molecule has 90 valence electrons. The van der Waals surface area contributed by atoms with Crippen LogP contribution in [0.15, 0.2) is 42.5 Å². The monoisotopic (exact) mass is 239 g/mol. The average Bonchev–Trinajstić information content (AvgIpc) is 2.78. The molecule has 18 heavy (non-hydrogen) atoms. The van der Waals surface area contributed by atoms with Crippen LogP contribution in [0.5, 0.6) is 5.75 Å². The molecule has 0 aliphatic rings. The van der Waals surface area contributed by atoms with Gasteiger partial charge in [-0.3, -0.25) is 4.79 Å². The van der Waals surface area contributed by atoms with E-state index in [-0.39, 0.29) is 5.97 Å². The van der Waals surface area contributed by atoms with E-state index in [9.17, 15) is 4.79 Å². The predicted molar refractivity (Wildman–Crippen MR) is 71.7 cm³/mol. The molecule has 0 bridgehead atoms. The quantitative estimate of drug-likeness (QED) is 0.548. The first-order chi connectivity index (χ1) is 8.79. The molecule has 0 amide bonds. The van der Waals surface area contributed by atoms with Crippen molar-refractivity contribution in [3.8, 4) is 5.75 Å². The number of H-pyrrole nitrogens is 1. The summed E-state index contributed by atoms with van der Waals surface area (Å²) in [5.41, 5.74) is 1.92. The lowest BCUT2D eigenvalue weighted by Gasteiger charge is -2.03. The maximum Gasteiger partial charge on any atom is 0.310 e. The van der Waals surface area contributed by atoms with Gasteiger partial charge in [-0.1, -0.05) is 37.3 Å². The van der Waals surface area contributed by atoms with Crippen LogP contribution in [0.2, 0.25) is 0 Å². The number of hydrogen-bond donors (Lipinski definition) is 1. The summed E-state index contributed by atoms with van der Waals surface area (Å²) in [4.78, 5) is 14.7. The number of esters is 1. The fourth-order valence-corrected chi connectivity index (χ4v) is 2.13. The van der Waals surface area contributed by atoms with E-state index in [1.807, 2.05) is 36.4 Å². The van der Waals surface area contributed by atoms with Crippen LogP contribution in [0.1, 0.15) is 13.3 Å². The van der Waals surface area contributed by atoms with E-state index in [0.29, 0.717) is 12.2 Å². The van der Waals surface area contributed by atoms with Crippen molar-refractivity contribution >= 4 is 27.8 Å². The number of aromatic nitrogens is 1. The van der Waals surface area contributed by atoms with Crippen molar-refractivity contribution in [2.75, 3.05) is 0 Å². The molecule has 3 heteroatoms. The molecule has 0 atom stereocenters. The summed E-state index contributed by atoms with van der Waals surface area (Å²) in [5.74, 6) is 0.372. The van der Waals surface area contributed by atoms with Crippen molar-refractivity contribution < 1.29 is 9.53 Å². The number of nitrogens with one attached hydrogen (secondary N) is 1. The molecule has 0 radical (unpaired) electrons. The summed E-state index contributed by atoms with van der Waals surface area (Å²) < 4.78 is 5.34. The first-order valence-corrected chi connectivity index (χ1v) is 5.99. The zero-order valence-electron chi connectivity index (χ0n) is 10.1. The van der Waals surface area contributed by atoms with E-state index in [4.69, 9.17) is 4.74 Å². The van der Waals surface area contributed by atoms with E-state index in [1.165, 1.54) is 0 Å². The molecule has 3 nitrogen and oxygen atoms in total. The highest BCUT2D eigenvalue weighted by Gasteiger charge is 2.10. The zero-order chi connectivity index (χ0) is 12.5. The van der Waals surface area contributed by atoms with E-state index in [1.54, 1.807) is 6.92 Å². The number of hydrogen-bond acceptors (Lipinski definition) is 2. The Morgan fingerprint density at radius 3 is 2.72 bits per heavy atom. The van der Waals surface area contributed by atoms with Crippen molar-refractivity contribution in [3.05, 3.63) is 42.5 Å². The number of fused-ring (bicyclic) bond motifs is 3. The van der Waals surface area contributed by atoms with Crippen molar-refractivity contribution in [3.63, 3.8) is 0 Å². The highest BCUT2D eigenvalue weighted by molar-refractivity contribution is 6.09. The minimum atomic E-state index is -0.221. The highest BCUT2D eigenvalue weighted by Crippen LogP contribution is 2.31. The van der Waals surface area contributed by atoms with Gasteiger partial charge in [-0.05, 0) is 12.1 Å². The molecule has 1 heterocycles. The van der Waals surface area contributed by atoms with Gasteiger partial charge in [0.25, 0.3) is 0 Å². The van der Waals surface area contributed by atoms with E-state index in [2.05, 4.69) is 11.1 Å². The van der Waals surface area contributed by atoms with Crippen molar-refractivity contribution in [1.29, 1.82) is 0 Å². The lowest BCUT2D eigenvalue weighted by atomic mass is 10.1. The maximum absolute atomic E-state index is 11.4. The molecule has 0 spiro atoms. The first-order valence-electron chi connectivity index (χ1n) is 5.99. The Kier molecular flexibility index (Phi) is 2.52. The largest absolute Gasteiger partial charge is 0.424 e. The second-order valence-corrected chi connectivity index (χ2v) is 4.18. The van der Waals surface area contributed by atoms with Crippen LogP contribution in [0, 0.1) is 0 Å². The molecule has 3 rings (SSSR count). The number of carbonyl (C=O) groups excluding carboxylic acids is 1. The van der Waals surface area contributed by atoms with Crippen LogP contribution in [0.25, 0.3) is 21.8 Å². The van der Waals surface area contributed by atoms with Crippen LogP contribution in [0.4, 0.5) is 0 Å². The number of ether oxygens (including phenoxy) is 1. The zero-order valence-corrected chi connectivity index (χ0v) is 10.1. The van der Waals surface area contributed by atoms with Crippen LogP contribution in [-0.4, -0.2) is 11.0 Å². The Morgan fingerprint density at radius 2 is 1.89 bits per heavy atom. The van der Waals surface area contributed by atoms with Gasteiger partial charge in [-0.25, -0.2) is 0 Å². The third-order valence-corrected chi connectivity index (χ3v) is 3.02. The maximum atomic E-state index is 11.4. The molecule has 1 aromatic heterocycles. The van der Waals surface area contributed by atoms with Crippen LogP contribution >= 0.6 is 0 Å². The van der Waals surface area contributed by atoms with Gasteiger partial charge < -0.3 is 9.72 Å². The smallest absolute Gasteiger partial charge is 0.310 e. The number of aromatic amines is 1. The average molecular weight is 239 g/mol. The number of benzene rings is 2. The summed E-state index contributed by atoms with van der Waals surface area (Å²) >= 11 is 0. The highest BCUT2D eigenvalue weighted by atomic mass is 16.5. The summed E-state index contributed by atoms with van der Waals surface area (Å²) in [7, 11) is 0. The molecule has 0 aliphatic carbocycles. The van der Waals surface area contributed by atoms with Gasteiger partial charge in [0, 0.05) is 22.7 Å². The van der Waals surface area contributed by atoms with Gasteiger partial charge in [0.05, 0.1) is 5.52 Å². The third-order valence-electron chi connectivity index (χ3n) is 3.02. The molecule has 2 aromatic carbocycles. The molecule has 1 N–H and O–H groups in total. The van der Waals surface area contributed by atoms with Gasteiger partial charge in [0.1, 0.15) is 0 Å². The third kappa shape index (κ3) is 1.64. The summed E-state index contributed by atoms with van der Waals surface area (Å²) in [6.45, 7) is 1.79. The molecule has 0 saturated heterocycles. The molecule has 3 aromatic rings. The molecule has 0 unspecified atom stereocenters. The summed E-state index contributed by atoms with van der Waals surface area (Å²) in [6, 6.07) is 13.8. The molecular formula is C15H13NO2. The van der Waals surface area contributed by atoms with E-state index < -0.39 is 0 Å². The van der Waals surface area contributed by atoms with Gasteiger partial charge in [-0.2, -0.15) is 0 Å². The lowest BCUT2D eigenvalue weighted by Crippen LogP contribution is -2.05. The first kappa shape index (κ1) is 10.8. The van der Waals surface area contributed by atoms with Crippen molar-refractivity contribution in [2.45, 2.75) is 13.3 Å². The minimum absolute atomic E-state index is 0.221. The van der Waals surface area contributed by atoms with Gasteiger partial charge >= 0.3 is 5.97 Å². The minimum Gasteiger partial charge on any atom is -0.424 e. The molecule has 0 saturated carbocycles. The molecule has 0 aliphatic heterocycles. The fraction of sp³-hybridized carbons (Fsp3) is 0.133. The second-order valence-electron chi connectivity index (χ2n) is 4.18. The standard InChI is InChI=1S/C15H13NO2/c1-2-14(17)18-13-9-5-7-11-10-6-3-4-8-12(10)16-15(11)13/h3-9,16H,2H2,1H3. The van der Waals surface area contributed by atoms with Gasteiger partial charge in [0.15, 0.2) is 5.75 Å². The van der Waals surface area contributed by atoms with Crippen LogP contribution < -0.4 is 4.74 Å². The van der Waals surface area contributed by atoms with E-state index >= 15 is 0 Å². The number of para-hydroxylation sites is 2. The Hall–Kier alpha value is -2.29. The number of rotatable bonds is 2. The lowest BCUT2D eigenvalue weighted by molar-refractivity contribution is -0.133. The SMILES string of the molecule is CCC(=O)Oc1cccc2c1[nH]c1ccccc12. The van der Waals surface area contributed by atoms with Crippen molar-refractivity contribution in [1.82, 2.24) is 4.98 Å². The normalized spacial score (nSPS) is 10.9. The topological polar surface area (TPSA) is 42.1 Å². The van der Waals surface area contributed by atoms with E-state index in [0.717, 1.165) is 21.8 Å². The fourth-order valence-electron chi connectivity index (χ4n) is 2.13. The Bertz CT molecular complexity index is 728. The molecular weight excluding hydrogens is 226 g/mol. The Balaban J connectivity index is 2.24. The number of carbonyl (C=O) groups is 1. The predicted octanol–water partition coefficient (Wildman–Crippen LogP) is 3.64. The van der Waals surface area contributed by atoms with Crippen molar-refractivity contribution in [2.24, 2.45) is 0 Å². The van der Waals surface area contributed by atoms with Crippen LogP contribution in [0.3, 0.4) is 0 Å². The Morgan fingerprint density at radius 1 is 1.11 bits per heavy atom. The van der Waals surface area contributed by atoms with Crippen LogP contribution in [-0.2, 0) is 4.79 Å². The summed E-state index contributed by atoms with van der Waals surface area (Å²) in [5, 5.41) is 2.22. The Labute approximate surface area is 104 Å².